The first kappa shape index (κ1) is 15.9. The third-order valence-electron chi connectivity index (χ3n) is 4.04. The zero-order valence-electron chi connectivity index (χ0n) is 13.0. The lowest BCUT2D eigenvalue weighted by molar-refractivity contribution is 0.414. The van der Waals surface area contributed by atoms with Crippen molar-refractivity contribution < 1.29 is 4.74 Å². The van der Waals surface area contributed by atoms with Crippen LogP contribution in [0.4, 0.5) is 0 Å². The summed E-state index contributed by atoms with van der Waals surface area (Å²) >= 11 is 6.21. The number of benzene rings is 2. The van der Waals surface area contributed by atoms with Crippen molar-refractivity contribution in [3.05, 3.63) is 64.7 Å². The van der Waals surface area contributed by atoms with Gasteiger partial charge < -0.3 is 4.74 Å². The van der Waals surface area contributed by atoms with E-state index in [1.165, 1.54) is 22.3 Å². The fourth-order valence-corrected chi connectivity index (χ4v) is 2.95. The van der Waals surface area contributed by atoms with Crippen LogP contribution < -0.4 is 4.74 Å². The van der Waals surface area contributed by atoms with Gasteiger partial charge in [-0.1, -0.05) is 30.3 Å². The maximum Gasteiger partial charge on any atom is 0.118 e. The van der Waals surface area contributed by atoms with Crippen LogP contribution in [0.15, 0.2) is 42.5 Å². The van der Waals surface area contributed by atoms with Gasteiger partial charge in [0.25, 0.3) is 0 Å². The number of halogens is 1. The predicted octanol–water partition coefficient (Wildman–Crippen LogP) is 4.95. The molecule has 112 valence electrons. The normalized spacial score (nSPS) is 12.2. The number of rotatable bonds is 6. The molecule has 0 aromatic heterocycles. The van der Waals surface area contributed by atoms with Gasteiger partial charge in [0.15, 0.2) is 0 Å². The van der Waals surface area contributed by atoms with E-state index in [-0.39, 0.29) is 0 Å². The molecule has 0 aliphatic rings. The van der Waals surface area contributed by atoms with Crippen LogP contribution in [0.1, 0.15) is 22.3 Å². The van der Waals surface area contributed by atoms with E-state index in [0.29, 0.717) is 11.8 Å². The predicted molar refractivity (Wildman–Crippen MR) is 90.5 cm³/mol. The highest BCUT2D eigenvalue weighted by Crippen LogP contribution is 2.22. The van der Waals surface area contributed by atoms with Crippen molar-refractivity contribution in [3.8, 4) is 5.75 Å². The minimum absolute atomic E-state index is 0.458. The molecular weight excluding hydrogens is 280 g/mol. The Bertz CT molecular complexity index is 554. The Hall–Kier alpha value is -1.47. The van der Waals surface area contributed by atoms with E-state index in [4.69, 9.17) is 16.3 Å². The molecule has 0 bridgehead atoms. The summed E-state index contributed by atoms with van der Waals surface area (Å²) in [6, 6.07) is 14.8. The summed E-state index contributed by atoms with van der Waals surface area (Å²) in [6.07, 6.45) is 2.04. The van der Waals surface area contributed by atoms with Gasteiger partial charge in [0, 0.05) is 5.88 Å². The Morgan fingerprint density at radius 3 is 2.10 bits per heavy atom. The van der Waals surface area contributed by atoms with Gasteiger partial charge in [-0.3, -0.25) is 0 Å². The molecule has 0 radical (unpaired) electrons. The fraction of sp³-hybridized carbons (Fsp3) is 0.368. The van der Waals surface area contributed by atoms with Crippen LogP contribution in [-0.2, 0) is 12.8 Å². The summed E-state index contributed by atoms with van der Waals surface area (Å²) in [4.78, 5) is 0. The summed E-state index contributed by atoms with van der Waals surface area (Å²) in [5.74, 6) is 2.04. The first-order valence-electron chi connectivity index (χ1n) is 7.38. The highest BCUT2D eigenvalue weighted by Gasteiger charge is 2.13. The maximum atomic E-state index is 6.21. The second-order valence-electron chi connectivity index (χ2n) is 5.65. The van der Waals surface area contributed by atoms with Crippen LogP contribution in [0.25, 0.3) is 0 Å². The third kappa shape index (κ3) is 4.25. The molecule has 21 heavy (non-hydrogen) atoms. The van der Waals surface area contributed by atoms with Gasteiger partial charge in [-0.05, 0) is 67.0 Å². The Kier molecular flexibility index (Phi) is 5.69. The van der Waals surface area contributed by atoms with Gasteiger partial charge in [0.1, 0.15) is 5.75 Å². The third-order valence-corrected chi connectivity index (χ3v) is 4.48. The molecule has 0 aliphatic heterocycles. The standard InChI is InChI=1S/C19H23ClO/c1-14-5-4-6-15(2)19(14)12-17(13-20)11-16-7-9-18(21-3)10-8-16/h4-10,17H,11-13H2,1-3H3. The Morgan fingerprint density at radius 2 is 1.57 bits per heavy atom. The molecule has 0 aliphatic carbocycles. The summed E-state index contributed by atoms with van der Waals surface area (Å²) in [5.41, 5.74) is 5.48. The minimum atomic E-state index is 0.458. The minimum Gasteiger partial charge on any atom is -0.497 e. The first-order chi connectivity index (χ1) is 10.1. The van der Waals surface area contributed by atoms with Gasteiger partial charge in [-0.15, -0.1) is 11.6 Å². The average molecular weight is 303 g/mol. The second kappa shape index (κ2) is 7.51. The molecule has 0 amide bonds. The van der Waals surface area contributed by atoms with Crippen LogP contribution in [0.3, 0.4) is 0 Å². The van der Waals surface area contributed by atoms with E-state index in [0.717, 1.165) is 18.6 Å². The van der Waals surface area contributed by atoms with Crippen molar-refractivity contribution in [1.29, 1.82) is 0 Å². The van der Waals surface area contributed by atoms with E-state index in [2.05, 4.69) is 44.2 Å². The molecule has 0 spiro atoms. The quantitative estimate of drug-likeness (QED) is 0.686. The number of ether oxygens (including phenoxy) is 1. The lowest BCUT2D eigenvalue weighted by Gasteiger charge is -2.17. The lowest BCUT2D eigenvalue weighted by Crippen LogP contribution is -2.12. The maximum absolute atomic E-state index is 6.21. The first-order valence-corrected chi connectivity index (χ1v) is 7.91. The second-order valence-corrected chi connectivity index (χ2v) is 5.96. The molecule has 0 N–H and O–H groups in total. The molecular formula is C19H23ClO. The Labute approximate surface area is 132 Å². The molecule has 0 saturated heterocycles. The number of methoxy groups -OCH3 is 1. The molecule has 0 fully saturated rings. The van der Waals surface area contributed by atoms with Crippen LogP contribution in [0.5, 0.6) is 5.75 Å². The fourth-order valence-electron chi connectivity index (χ4n) is 2.74. The molecule has 2 rings (SSSR count). The highest BCUT2D eigenvalue weighted by molar-refractivity contribution is 6.18. The SMILES string of the molecule is COc1ccc(CC(CCl)Cc2c(C)cccc2C)cc1. The molecule has 1 nitrogen and oxygen atoms in total. The van der Waals surface area contributed by atoms with Crippen molar-refractivity contribution in [2.75, 3.05) is 13.0 Å². The van der Waals surface area contributed by atoms with E-state index in [9.17, 15) is 0 Å². The van der Waals surface area contributed by atoms with E-state index >= 15 is 0 Å². The Morgan fingerprint density at radius 1 is 0.952 bits per heavy atom. The van der Waals surface area contributed by atoms with E-state index < -0.39 is 0 Å². The van der Waals surface area contributed by atoms with Crippen molar-refractivity contribution in [1.82, 2.24) is 0 Å². The molecule has 1 unspecified atom stereocenters. The Balaban J connectivity index is 2.09. The van der Waals surface area contributed by atoms with Gasteiger partial charge in [-0.25, -0.2) is 0 Å². The van der Waals surface area contributed by atoms with E-state index in [1.807, 2.05) is 12.1 Å². The summed E-state index contributed by atoms with van der Waals surface area (Å²) in [6.45, 7) is 4.36. The van der Waals surface area contributed by atoms with Gasteiger partial charge in [-0.2, -0.15) is 0 Å². The molecule has 2 aromatic carbocycles. The van der Waals surface area contributed by atoms with Crippen LogP contribution in [0.2, 0.25) is 0 Å². The van der Waals surface area contributed by atoms with Crippen molar-refractivity contribution >= 4 is 11.6 Å². The van der Waals surface area contributed by atoms with Crippen molar-refractivity contribution in [2.24, 2.45) is 5.92 Å². The number of hydrogen-bond donors (Lipinski definition) is 0. The lowest BCUT2D eigenvalue weighted by atomic mass is 9.90. The molecule has 1 atom stereocenters. The topological polar surface area (TPSA) is 9.23 Å². The summed E-state index contributed by atoms with van der Waals surface area (Å²) in [7, 11) is 1.69. The monoisotopic (exact) mass is 302 g/mol. The highest BCUT2D eigenvalue weighted by atomic mass is 35.5. The zero-order valence-corrected chi connectivity index (χ0v) is 13.8. The summed E-state index contributed by atoms with van der Waals surface area (Å²) in [5, 5.41) is 0. The smallest absolute Gasteiger partial charge is 0.118 e. The molecule has 0 heterocycles. The number of aryl methyl sites for hydroxylation is 2. The molecule has 0 saturated carbocycles. The molecule has 2 aromatic rings. The number of alkyl halides is 1. The largest absolute Gasteiger partial charge is 0.497 e. The number of hydrogen-bond acceptors (Lipinski definition) is 1. The van der Waals surface area contributed by atoms with Crippen molar-refractivity contribution in [2.45, 2.75) is 26.7 Å². The average Bonchev–Trinajstić information content (AvgIpc) is 2.50. The van der Waals surface area contributed by atoms with Crippen LogP contribution >= 0.6 is 11.6 Å². The summed E-state index contributed by atoms with van der Waals surface area (Å²) < 4.78 is 5.20. The van der Waals surface area contributed by atoms with Crippen molar-refractivity contribution in [3.63, 3.8) is 0 Å². The van der Waals surface area contributed by atoms with E-state index in [1.54, 1.807) is 7.11 Å². The van der Waals surface area contributed by atoms with Gasteiger partial charge in [0.2, 0.25) is 0 Å². The van der Waals surface area contributed by atoms with Gasteiger partial charge in [0.05, 0.1) is 7.11 Å². The zero-order chi connectivity index (χ0) is 15.2. The van der Waals surface area contributed by atoms with Gasteiger partial charge >= 0.3 is 0 Å². The van der Waals surface area contributed by atoms with Crippen LogP contribution in [0, 0.1) is 19.8 Å². The molecule has 2 heteroatoms. The van der Waals surface area contributed by atoms with Crippen LogP contribution in [-0.4, -0.2) is 13.0 Å².